The zero-order valence-corrected chi connectivity index (χ0v) is 19.6. The summed E-state index contributed by atoms with van der Waals surface area (Å²) in [6.45, 7) is 5.80. The topological polar surface area (TPSA) is 109 Å². The van der Waals surface area contributed by atoms with Gasteiger partial charge in [0.25, 0.3) is 0 Å². The first-order valence-corrected chi connectivity index (χ1v) is 11.7. The quantitative estimate of drug-likeness (QED) is 0.319. The predicted octanol–water partition coefficient (Wildman–Crippen LogP) is 4.40. The zero-order chi connectivity index (χ0) is 22.8. The summed E-state index contributed by atoms with van der Waals surface area (Å²) >= 11 is 13.8. The Morgan fingerprint density at radius 1 is 1.06 bits per heavy atom. The van der Waals surface area contributed by atoms with Crippen LogP contribution >= 0.6 is 35.0 Å². The standard InChI is InChI=1S/C18H24Cl2N4S.C2H2O4/c1-14-21-18(22-24(14)15-7-8-16(19)17(20)13-15)25-12-6-2-3-9-23-10-4-5-11-23;3-1(4)2(5)6/h7-8,13H,2-6,9-12H2,1H3;(H,3,4)(H,5,6). The Balaban J connectivity index is 0.000000501. The van der Waals surface area contributed by atoms with Gasteiger partial charge in [-0.2, -0.15) is 0 Å². The fourth-order valence-corrected chi connectivity index (χ4v) is 4.23. The number of carboxylic acids is 2. The Kier molecular flexibility index (Phi) is 10.6. The van der Waals surface area contributed by atoms with Gasteiger partial charge >= 0.3 is 11.9 Å². The van der Waals surface area contributed by atoms with Crippen molar-refractivity contribution >= 4 is 46.9 Å². The van der Waals surface area contributed by atoms with Gasteiger partial charge in [-0.15, -0.1) is 5.10 Å². The van der Waals surface area contributed by atoms with E-state index >= 15 is 0 Å². The summed E-state index contributed by atoms with van der Waals surface area (Å²) in [4.78, 5) is 25.3. The Morgan fingerprint density at radius 2 is 1.74 bits per heavy atom. The molecule has 0 spiro atoms. The Bertz CT molecular complexity index is 876. The lowest BCUT2D eigenvalue weighted by Gasteiger charge is -2.13. The number of carboxylic acid groups (broad SMARTS) is 2. The van der Waals surface area contributed by atoms with Crippen LogP contribution in [0, 0.1) is 6.92 Å². The molecule has 3 rings (SSSR count). The fourth-order valence-electron chi connectivity index (χ4n) is 3.07. The molecule has 2 N–H and O–H groups in total. The molecule has 0 aliphatic carbocycles. The number of aliphatic carboxylic acids is 2. The van der Waals surface area contributed by atoms with Gasteiger partial charge in [0.2, 0.25) is 5.16 Å². The Morgan fingerprint density at radius 3 is 2.35 bits per heavy atom. The number of rotatable bonds is 8. The summed E-state index contributed by atoms with van der Waals surface area (Å²) in [5.41, 5.74) is 0.886. The zero-order valence-electron chi connectivity index (χ0n) is 17.3. The van der Waals surface area contributed by atoms with Crippen LogP contribution < -0.4 is 0 Å². The number of aromatic nitrogens is 3. The average Bonchev–Trinajstić information content (AvgIpc) is 3.37. The number of nitrogens with zero attached hydrogens (tertiary/aromatic N) is 4. The van der Waals surface area contributed by atoms with Gasteiger partial charge < -0.3 is 15.1 Å². The van der Waals surface area contributed by atoms with Crippen molar-refractivity contribution in [2.75, 3.05) is 25.4 Å². The maximum atomic E-state index is 9.10. The van der Waals surface area contributed by atoms with Gasteiger partial charge in [-0.3, -0.25) is 0 Å². The number of carbonyl (C=O) groups is 2. The fraction of sp³-hybridized carbons (Fsp3) is 0.500. The third kappa shape index (κ3) is 8.68. The van der Waals surface area contributed by atoms with Crippen molar-refractivity contribution < 1.29 is 19.8 Å². The molecule has 31 heavy (non-hydrogen) atoms. The number of likely N-dealkylation sites (tertiary alicyclic amines) is 1. The van der Waals surface area contributed by atoms with Crippen LogP contribution in [-0.4, -0.2) is 67.2 Å². The summed E-state index contributed by atoms with van der Waals surface area (Å²) in [5, 5.41) is 21.3. The number of thioether (sulfide) groups is 1. The molecule has 2 heterocycles. The van der Waals surface area contributed by atoms with Crippen LogP contribution in [0.2, 0.25) is 10.0 Å². The van der Waals surface area contributed by atoms with Crippen LogP contribution in [-0.2, 0) is 9.59 Å². The molecule has 1 saturated heterocycles. The third-order valence-electron chi connectivity index (χ3n) is 4.63. The molecule has 0 amide bonds. The molecule has 1 aromatic heterocycles. The highest BCUT2D eigenvalue weighted by atomic mass is 35.5. The lowest BCUT2D eigenvalue weighted by atomic mass is 10.2. The first-order valence-electron chi connectivity index (χ1n) is 9.98. The van der Waals surface area contributed by atoms with Gasteiger partial charge in [-0.25, -0.2) is 19.3 Å². The second-order valence-electron chi connectivity index (χ2n) is 7.02. The van der Waals surface area contributed by atoms with Crippen molar-refractivity contribution in [1.82, 2.24) is 19.7 Å². The predicted molar refractivity (Wildman–Crippen MR) is 122 cm³/mol. The van der Waals surface area contributed by atoms with E-state index < -0.39 is 11.9 Å². The van der Waals surface area contributed by atoms with E-state index in [1.54, 1.807) is 17.8 Å². The highest BCUT2D eigenvalue weighted by Crippen LogP contribution is 2.25. The van der Waals surface area contributed by atoms with Crippen molar-refractivity contribution in [2.24, 2.45) is 0 Å². The van der Waals surface area contributed by atoms with E-state index in [1.165, 1.54) is 51.7 Å². The number of hydrogen-bond acceptors (Lipinski definition) is 6. The van der Waals surface area contributed by atoms with E-state index in [0.717, 1.165) is 22.4 Å². The van der Waals surface area contributed by atoms with E-state index in [4.69, 9.17) is 43.0 Å². The maximum absolute atomic E-state index is 9.10. The van der Waals surface area contributed by atoms with Gasteiger partial charge in [0, 0.05) is 5.75 Å². The van der Waals surface area contributed by atoms with Crippen molar-refractivity contribution in [1.29, 1.82) is 0 Å². The summed E-state index contributed by atoms with van der Waals surface area (Å²) < 4.78 is 1.82. The van der Waals surface area contributed by atoms with Gasteiger partial charge in [-0.05, 0) is 70.4 Å². The van der Waals surface area contributed by atoms with Crippen molar-refractivity contribution in [3.8, 4) is 5.69 Å². The molecule has 1 fully saturated rings. The summed E-state index contributed by atoms with van der Waals surface area (Å²) in [6, 6.07) is 5.51. The maximum Gasteiger partial charge on any atom is 0.414 e. The molecule has 1 aliphatic heterocycles. The average molecular weight is 489 g/mol. The van der Waals surface area contributed by atoms with E-state index in [-0.39, 0.29) is 0 Å². The molecule has 0 radical (unpaired) electrons. The summed E-state index contributed by atoms with van der Waals surface area (Å²) in [6.07, 6.45) is 6.53. The van der Waals surface area contributed by atoms with Crippen molar-refractivity contribution in [3.05, 3.63) is 34.1 Å². The molecule has 0 atom stereocenters. The molecule has 8 nitrogen and oxygen atoms in total. The summed E-state index contributed by atoms with van der Waals surface area (Å²) in [7, 11) is 0. The lowest BCUT2D eigenvalue weighted by molar-refractivity contribution is -0.159. The SMILES string of the molecule is Cc1nc(SCCCCCN2CCCC2)nn1-c1ccc(Cl)c(Cl)c1.O=C(O)C(=O)O. The van der Waals surface area contributed by atoms with E-state index in [1.807, 2.05) is 23.7 Å². The van der Waals surface area contributed by atoms with E-state index in [2.05, 4.69) is 15.0 Å². The van der Waals surface area contributed by atoms with Gasteiger partial charge in [0.15, 0.2) is 0 Å². The molecule has 1 aromatic carbocycles. The monoisotopic (exact) mass is 488 g/mol. The number of hydrogen-bond donors (Lipinski definition) is 2. The number of halogens is 2. The molecule has 1 aliphatic rings. The van der Waals surface area contributed by atoms with Crippen LogP contribution in [0.15, 0.2) is 23.4 Å². The van der Waals surface area contributed by atoms with Crippen LogP contribution in [0.4, 0.5) is 0 Å². The first kappa shape index (κ1) is 25.5. The van der Waals surface area contributed by atoms with Gasteiger partial charge in [0.05, 0.1) is 15.7 Å². The van der Waals surface area contributed by atoms with Gasteiger partial charge in [-0.1, -0.05) is 41.4 Å². The molecule has 11 heteroatoms. The highest BCUT2D eigenvalue weighted by Gasteiger charge is 2.11. The van der Waals surface area contributed by atoms with Crippen molar-refractivity contribution in [2.45, 2.75) is 44.2 Å². The van der Waals surface area contributed by atoms with Gasteiger partial charge in [0.1, 0.15) is 5.82 Å². The molecular formula is C20H26Cl2N4O4S. The Labute approximate surface area is 195 Å². The number of unbranched alkanes of at least 4 members (excludes halogenated alkanes) is 2. The molecule has 2 aromatic rings. The minimum atomic E-state index is -1.82. The van der Waals surface area contributed by atoms with Crippen LogP contribution in [0.25, 0.3) is 5.69 Å². The van der Waals surface area contributed by atoms with Crippen LogP contribution in [0.3, 0.4) is 0 Å². The lowest BCUT2D eigenvalue weighted by Crippen LogP contribution is -2.20. The van der Waals surface area contributed by atoms with Crippen LogP contribution in [0.5, 0.6) is 0 Å². The Hall–Kier alpha value is -1.81. The molecule has 0 saturated carbocycles. The normalized spacial score (nSPS) is 13.6. The second kappa shape index (κ2) is 12.9. The molecule has 170 valence electrons. The molecular weight excluding hydrogens is 463 g/mol. The first-order chi connectivity index (χ1) is 14.8. The third-order valence-corrected chi connectivity index (χ3v) is 6.29. The molecule has 0 unspecified atom stereocenters. The second-order valence-corrected chi connectivity index (χ2v) is 8.90. The van der Waals surface area contributed by atoms with E-state index in [0.29, 0.717) is 10.0 Å². The largest absolute Gasteiger partial charge is 0.473 e. The number of aryl methyl sites for hydroxylation is 1. The minimum absolute atomic E-state index is 0.529. The summed E-state index contributed by atoms with van der Waals surface area (Å²) in [5.74, 6) is -1.73. The smallest absolute Gasteiger partial charge is 0.414 e. The molecule has 0 bridgehead atoms. The minimum Gasteiger partial charge on any atom is -0.473 e. The van der Waals surface area contributed by atoms with Crippen LogP contribution in [0.1, 0.15) is 37.9 Å². The van der Waals surface area contributed by atoms with E-state index in [9.17, 15) is 0 Å². The highest BCUT2D eigenvalue weighted by molar-refractivity contribution is 7.99. The number of benzene rings is 1. The van der Waals surface area contributed by atoms with Crippen molar-refractivity contribution in [3.63, 3.8) is 0 Å².